The molecule has 0 saturated heterocycles. The molecule has 1 N–H and O–H groups in total. The molecule has 4 aromatic carbocycles. The average molecular weight is 741 g/mol. The van der Waals surface area contributed by atoms with E-state index in [9.17, 15) is 22.4 Å². The molecule has 0 spiro atoms. The molecular formula is C36H39BrFN3O6S. The summed E-state index contributed by atoms with van der Waals surface area (Å²) in [6.07, 6.45) is 0.854. The molecule has 2 amide bonds. The maximum Gasteiger partial charge on any atom is 0.264 e. The van der Waals surface area contributed by atoms with Gasteiger partial charge in [0.2, 0.25) is 11.8 Å². The number of hydrogen-bond donors (Lipinski definition) is 1. The van der Waals surface area contributed by atoms with Gasteiger partial charge in [-0.3, -0.25) is 13.9 Å². The number of anilines is 1. The van der Waals surface area contributed by atoms with Crippen LogP contribution in [0.15, 0.2) is 106 Å². The van der Waals surface area contributed by atoms with Gasteiger partial charge >= 0.3 is 0 Å². The van der Waals surface area contributed by atoms with Gasteiger partial charge in [-0.15, -0.1) is 0 Å². The predicted molar refractivity (Wildman–Crippen MR) is 187 cm³/mol. The average Bonchev–Trinajstić information content (AvgIpc) is 3.09. The number of carbonyl (C=O) groups is 2. The standard InChI is InChI=1S/C36H39BrFN3O6S/c1-5-25(2)39-36(43)32(21-26-10-7-6-8-11-26)40(23-27-12-9-13-28(37)20-27)35(42)24-41(30-16-14-29(38)15-17-30)48(44,45)31-18-19-33(46-3)34(22-31)47-4/h6-20,22,25,32H,5,21,23-24H2,1-4H3,(H,39,43)/t25-,32+/m0/s1. The van der Waals surface area contributed by atoms with Crippen LogP contribution in [-0.4, -0.2) is 58.0 Å². The van der Waals surface area contributed by atoms with Crippen molar-refractivity contribution in [3.05, 3.63) is 118 Å². The van der Waals surface area contributed by atoms with Gasteiger partial charge in [0, 0.05) is 29.5 Å². The highest BCUT2D eigenvalue weighted by Gasteiger charge is 2.35. The van der Waals surface area contributed by atoms with E-state index in [0.29, 0.717) is 12.2 Å². The highest BCUT2D eigenvalue weighted by Crippen LogP contribution is 2.32. The maximum atomic E-state index is 14.6. The second kappa shape index (κ2) is 16.6. The Balaban J connectivity index is 1.83. The number of ether oxygens (including phenoxy) is 2. The van der Waals surface area contributed by atoms with Crippen LogP contribution in [0.1, 0.15) is 31.4 Å². The SMILES string of the molecule is CC[C@H](C)NC(=O)[C@@H](Cc1ccccc1)N(Cc1cccc(Br)c1)C(=O)CN(c1ccc(F)cc1)S(=O)(=O)c1ccc(OC)c(OC)c1. The van der Waals surface area contributed by atoms with Crippen molar-refractivity contribution in [3.63, 3.8) is 0 Å². The number of carbonyl (C=O) groups excluding carboxylic acids is 2. The van der Waals surface area contributed by atoms with Gasteiger partial charge in [-0.05, 0) is 73.0 Å². The molecule has 0 saturated carbocycles. The second-order valence-electron chi connectivity index (χ2n) is 11.2. The fourth-order valence-corrected chi connectivity index (χ4v) is 6.94. The molecule has 48 heavy (non-hydrogen) atoms. The minimum Gasteiger partial charge on any atom is -0.493 e. The molecule has 0 heterocycles. The quantitative estimate of drug-likeness (QED) is 0.152. The fraction of sp³-hybridized carbons (Fsp3) is 0.278. The van der Waals surface area contributed by atoms with Gasteiger partial charge < -0.3 is 19.7 Å². The van der Waals surface area contributed by atoms with Gasteiger partial charge in [0.1, 0.15) is 18.4 Å². The van der Waals surface area contributed by atoms with Gasteiger partial charge in [-0.1, -0.05) is 65.3 Å². The van der Waals surface area contributed by atoms with E-state index in [4.69, 9.17) is 9.47 Å². The first kappa shape index (κ1) is 36.4. The van der Waals surface area contributed by atoms with Gasteiger partial charge in [0.15, 0.2) is 11.5 Å². The molecule has 0 aliphatic heterocycles. The lowest BCUT2D eigenvalue weighted by Crippen LogP contribution is -2.54. The van der Waals surface area contributed by atoms with E-state index < -0.39 is 34.3 Å². The van der Waals surface area contributed by atoms with E-state index >= 15 is 0 Å². The van der Waals surface area contributed by atoms with Crippen LogP contribution in [-0.2, 0) is 32.6 Å². The molecule has 0 bridgehead atoms. The lowest BCUT2D eigenvalue weighted by molar-refractivity contribution is -0.140. The summed E-state index contributed by atoms with van der Waals surface area (Å²) in [7, 11) is -1.63. The smallest absolute Gasteiger partial charge is 0.264 e. The summed E-state index contributed by atoms with van der Waals surface area (Å²) in [4.78, 5) is 29.8. The number of rotatable bonds is 15. The first-order valence-electron chi connectivity index (χ1n) is 15.3. The van der Waals surface area contributed by atoms with Crippen molar-refractivity contribution >= 4 is 43.5 Å². The van der Waals surface area contributed by atoms with Crippen molar-refractivity contribution < 1.29 is 31.9 Å². The van der Waals surface area contributed by atoms with E-state index in [-0.39, 0.29) is 41.2 Å². The Morgan fingerprint density at radius 1 is 0.875 bits per heavy atom. The van der Waals surface area contributed by atoms with E-state index in [1.54, 1.807) is 0 Å². The van der Waals surface area contributed by atoms with E-state index in [1.807, 2.05) is 68.4 Å². The summed E-state index contributed by atoms with van der Waals surface area (Å²) < 4.78 is 55.0. The first-order valence-corrected chi connectivity index (χ1v) is 17.6. The molecule has 2 atom stereocenters. The van der Waals surface area contributed by atoms with Gasteiger partial charge in [0.25, 0.3) is 10.0 Å². The fourth-order valence-electron chi connectivity index (χ4n) is 5.07. The largest absolute Gasteiger partial charge is 0.493 e. The lowest BCUT2D eigenvalue weighted by Gasteiger charge is -2.34. The van der Waals surface area contributed by atoms with E-state index in [2.05, 4.69) is 21.2 Å². The number of methoxy groups -OCH3 is 2. The summed E-state index contributed by atoms with van der Waals surface area (Å²) >= 11 is 3.48. The van der Waals surface area contributed by atoms with Crippen LogP contribution in [0.25, 0.3) is 0 Å². The van der Waals surface area contributed by atoms with Crippen LogP contribution in [0.2, 0.25) is 0 Å². The molecule has 4 rings (SSSR count). The van der Waals surface area contributed by atoms with Crippen molar-refractivity contribution in [3.8, 4) is 11.5 Å². The van der Waals surface area contributed by atoms with Crippen molar-refractivity contribution in [2.45, 2.75) is 50.2 Å². The van der Waals surface area contributed by atoms with Crippen molar-refractivity contribution in [1.29, 1.82) is 0 Å². The van der Waals surface area contributed by atoms with Crippen molar-refractivity contribution in [1.82, 2.24) is 10.2 Å². The Hall–Kier alpha value is -4.42. The number of benzene rings is 4. The van der Waals surface area contributed by atoms with Gasteiger partial charge in [-0.25, -0.2) is 12.8 Å². The molecule has 12 heteroatoms. The Kier molecular flexibility index (Phi) is 12.6. The monoisotopic (exact) mass is 739 g/mol. The molecular weight excluding hydrogens is 701 g/mol. The Labute approximate surface area is 289 Å². The van der Waals surface area contributed by atoms with Crippen molar-refractivity contribution in [2.75, 3.05) is 25.1 Å². The van der Waals surface area contributed by atoms with Gasteiger partial charge in [-0.2, -0.15) is 0 Å². The number of nitrogens with zero attached hydrogens (tertiary/aromatic N) is 2. The van der Waals surface area contributed by atoms with E-state index in [1.165, 1.54) is 49.5 Å². The Bertz CT molecular complexity index is 1810. The van der Waals surface area contributed by atoms with Crippen LogP contribution in [0.5, 0.6) is 11.5 Å². The molecule has 9 nitrogen and oxygen atoms in total. The summed E-state index contributed by atoms with van der Waals surface area (Å²) in [5, 5.41) is 3.01. The number of nitrogens with one attached hydrogen (secondary N) is 1. The normalized spacial score (nSPS) is 12.5. The predicted octanol–water partition coefficient (Wildman–Crippen LogP) is 6.36. The number of hydrogen-bond acceptors (Lipinski definition) is 6. The summed E-state index contributed by atoms with van der Waals surface area (Å²) in [5.74, 6) is -1.09. The molecule has 254 valence electrons. The molecule has 0 radical (unpaired) electrons. The van der Waals surface area contributed by atoms with Crippen LogP contribution < -0.4 is 19.1 Å². The van der Waals surface area contributed by atoms with E-state index in [0.717, 1.165) is 32.0 Å². The van der Waals surface area contributed by atoms with Crippen LogP contribution in [0.4, 0.5) is 10.1 Å². The first-order chi connectivity index (χ1) is 23.0. The second-order valence-corrected chi connectivity index (χ2v) is 14.0. The molecule has 0 aliphatic carbocycles. The molecule has 0 aromatic heterocycles. The summed E-state index contributed by atoms with van der Waals surface area (Å²) in [6, 6.07) is 24.4. The minimum atomic E-state index is -4.44. The molecule has 0 aliphatic rings. The Morgan fingerprint density at radius 2 is 1.54 bits per heavy atom. The number of sulfonamides is 1. The zero-order valence-electron chi connectivity index (χ0n) is 27.2. The van der Waals surface area contributed by atoms with Crippen molar-refractivity contribution in [2.24, 2.45) is 0 Å². The Morgan fingerprint density at radius 3 is 2.17 bits per heavy atom. The zero-order chi connectivity index (χ0) is 34.8. The highest BCUT2D eigenvalue weighted by molar-refractivity contribution is 9.10. The maximum absolute atomic E-state index is 14.6. The third-order valence-corrected chi connectivity index (χ3v) is 10.1. The molecule has 0 fully saturated rings. The number of amides is 2. The topological polar surface area (TPSA) is 105 Å². The molecule has 4 aromatic rings. The van der Waals surface area contributed by atoms with Gasteiger partial charge in [0.05, 0.1) is 24.8 Å². The van der Waals surface area contributed by atoms with Crippen LogP contribution >= 0.6 is 15.9 Å². The zero-order valence-corrected chi connectivity index (χ0v) is 29.6. The third kappa shape index (κ3) is 9.13. The highest BCUT2D eigenvalue weighted by atomic mass is 79.9. The minimum absolute atomic E-state index is 0.0113. The lowest BCUT2D eigenvalue weighted by atomic mass is 10.0. The number of halogens is 2. The molecule has 0 unspecified atom stereocenters. The summed E-state index contributed by atoms with van der Waals surface area (Å²) in [5.41, 5.74) is 1.61. The van der Waals surface area contributed by atoms with Crippen LogP contribution in [0.3, 0.4) is 0 Å². The third-order valence-electron chi connectivity index (χ3n) is 7.85. The van der Waals surface area contributed by atoms with Crippen LogP contribution in [0, 0.1) is 5.82 Å². The summed E-state index contributed by atoms with van der Waals surface area (Å²) in [6.45, 7) is 3.15.